The third-order valence-corrected chi connectivity index (χ3v) is 10.9. The predicted octanol–water partition coefficient (Wildman–Crippen LogP) is 13.2. The average molecular weight is 731 g/mol. The molecule has 10 aromatic rings. The molecule has 2 heterocycles. The highest BCUT2D eigenvalue weighted by atomic mass is 16.5. The van der Waals surface area contributed by atoms with Crippen LogP contribution in [0, 0.1) is 0 Å². The fourth-order valence-electron chi connectivity index (χ4n) is 8.03. The minimum atomic E-state index is -0.270. The molecule has 1 aliphatic rings. The van der Waals surface area contributed by atoms with Gasteiger partial charge in [0.1, 0.15) is 0 Å². The lowest BCUT2D eigenvalue weighted by Crippen LogP contribution is -2.09. The maximum atomic E-state index is 6.72. The SMILES string of the molecule is c1ccc(-c2nc(-c3ccc(-c4ccc5ccccc5c4)cc3)nc(-c3cccc(-c4ccc5c(c4)c4c(c6ccccc65)NC(c5ccccc5)O4)c3)n2)cc1. The maximum absolute atomic E-state index is 6.72. The van der Waals surface area contributed by atoms with Crippen LogP contribution >= 0.6 is 0 Å². The lowest BCUT2D eigenvalue weighted by molar-refractivity contribution is 0.262. The highest BCUT2D eigenvalue weighted by molar-refractivity contribution is 6.18. The van der Waals surface area contributed by atoms with Crippen molar-refractivity contribution in [3.8, 4) is 62.2 Å². The van der Waals surface area contributed by atoms with Crippen LogP contribution in [0.1, 0.15) is 11.8 Å². The zero-order valence-electron chi connectivity index (χ0n) is 30.8. The van der Waals surface area contributed by atoms with Gasteiger partial charge in [0, 0.05) is 33.0 Å². The molecule has 0 aliphatic carbocycles. The van der Waals surface area contributed by atoms with Crippen LogP contribution in [-0.4, -0.2) is 15.0 Å². The monoisotopic (exact) mass is 730 g/mol. The normalized spacial score (nSPS) is 13.4. The summed E-state index contributed by atoms with van der Waals surface area (Å²) in [6, 6.07) is 67.6. The second kappa shape index (κ2) is 13.6. The number of aromatic nitrogens is 3. The lowest BCUT2D eigenvalue weighted by Gasteiger charge is -2.13. The first-order valence-electron chi connectivity index (χ1n) is 19.2. The van der Waals surface area contributed by atoms with Gasteiger partial charge in [0.2, 0.25) is 0 Å². The molecule has 11 rings (SSSR count). The van der Waals surface area contributed by atoms with E-state index in [1.54, 1.807) is 0 Å². The van der Waals surface area contributed by atoms with Gasteiger partial charge in [-0.25, -0.2) is 15.0 Å². The van der Waals surface area contributed by atoms with E-state index in [2.05, 4.69) is 151 Å². The number of anilines is 1. The molecule has 1 aliphatic heterocycles. The average Bonchev–Trinajstić information content (AvgIpc) is 3.76. The van der Waals surface area contributed by atoms with E-state index in [1.807, 2.05) is 48.5 Å². The number of fused-ring (bicyclic) bond motifs is 7. The van der Waals surface area contributed by atoms with E-state index in [0.29, 0.717) is 17.5 Å². The van der Waals surface area contributed by atoms with Crippen molar-refractivity contribution >= 4 is 38.0 Å². The maximum Gasteiger partial charge on any atom is 0.196 e. The van der Waals surface area contributed by atoms with E-state index in [0.717, 1.165) is 66.5 Å². The van der Waals surface area contributed by atoms with Crippen LogP contribution < -0.4 is 10.1 Å². The smallest absolute Gasteiger partial charge is 0.196 e. The van der Waals surface area contributed by atoms with Crippen LogP contribution in [-0.2, 0) is 0 Å². The van der Waals surface area contributed by atoms with Crippen molar-refractivity contribution in [2.75, 3.05) is 5.32 Å². The van der Waals surface area contributed by atoms with Gasteiger partial charge in [-0.1, -0.05) is 176 Å². The van der Waals surface area contributed by atoms with Gasteiger partial charge in [-0.2, -0.15) is 0 Å². The zero-order chi connectivity index (χ0) is 37.7. The Hall–Kier alpha value is -7.63. The fraction of sp³-hybridized carbons (Fsp3) is 0.0192. The van der Waals surface area contributed by atoms with Gasteiger partial charge in [-0.3, -0.25) is 0 Å². The molecule has 0 amide bonds. The number of nitrogens with zero attached hydrogens (tertiary/aromatic N) is 3. The second-order valence-corrected chi connectivity index (χ2v) is 14.5. The van der Waals surface area contributed by atoms with Crippen molar-refractivity contribution < 1.29 is 4.74 Å². The second-order valence-electron chi connectivity index (χ2n) is 14.5. The van der Waals surface area contributed by atoms with Crippen LogP contribution in [0.5, 0.6) is 5.75 Å². The molecule has 1 N–H and O–H groups in total. The lowest BCUT2D eigenvalue weighted by atomic mass is 9.95. The third kappa shape index (κ3) is 5.94. The Morgan fingerprint density at radius 1 is 0.351 bits per heavy atom. The van der Waals surface area contributed by atoms with E-state index in [9.17, 15) is 0 Å². The molecular formula is C52H34N4O. The van der Waals surface area contributed by atoms with Gasteiger partial charge in [0.15, 0.2) is 29.5 Å². The molecule has 0 saturated carbocycles. The molecule has 1 atom stereocenters. The van der Waals surface area contributed by atoms with Gasteiger partial charge >= 0.3 is 0 Å². The van der Waals surface area contributed by atoms with Gasteiger partial charge in [-0.15, -0.1) is 0 Å². The summed E-state index contributed by atoms with van der Waals surface area (Å²) < 4.78 is 6.72. The molecule has 0 spiro atoms. The third-order valence-electron chi connectivity index (χ3n) is 10.9. The first-order valence-corrected chi connectivity index (χ1v) is 19.2. The number of nitrogens with one attached hydrogen (secondary N) is 1. The minimum absolute atomic E-state index is 0.270. The largest absolute Gasteiger partial charge is 0.464 e. The van der Waals surface area contributed by atoms with Crippen molar-refractivity contribution in [2.45, 2.75) is 6.23 Å². The van der Waals surface area contributed by atoms with E-state index in [1.165, 1.54) is 21.7 Å². The Kier molecular flexibility index (Phi) is 7.81. The summed E-state index contributed by atoms with van der Waals surface area (Å²) in [7, 11) is 0. The highest BCUT2D eigenvalue weighted by Gasteiger charge is 2.28. The van der Waals surface area contributed by atoms with Crippen LogP contribution in [0.2, 0.25) is 0 Å². The summed E-state index contributed by atoms with van der Waals surface area (Å²) in [6.07, 6.45) is -0.270. The molecule has 1 aromatic heterocycles. The topological polar surface area (TPSA) is 59.9 Å². The van der Waals surface area contributed by atoms with E-state index in [4.69, 9.17) is 19.7 Å². The summed E-state index contributed by atoms with van der Waals surface area (Å²) in [4.78, 5) is 15.1. The Morgan fingerprint density at radius 3 is 1.67 bits per heavy atom. The van der Waals surface area contributed by atoms with Crippen LogP contribution in [0.4, 0.5) is 5.69 Å². The number of benzene rings is 9. The Balaban J connectivity index is 0.989. The molecular weight excluding hydrogens is 697 g/mol. The molecule has 57 heavy (non-hydrogen) atoms. The molecule has 0 fully saturated rings. The van der Waals surface area contributed by atoms with E-state index < -0.39 is 0 Å². The number of ether oxygens (including phenoxy) is 1. The summed E-state index contributed by atoms with van der Waals surface area (Å²) in [5, 5.41) is 10.7. The molecule has 0 saturated heterocycles. The van der Waals surface area contributed by atoms with Gasteiger partial charge in [-0.05, 0) is 62.0 Å². The summed E-state index contributed by atoms with van der Waals surface area (Å²) in [6.45, 7) is 0. The number of hydrogen-bond acceptors (Lipinski definition) is 5. The van der Waals surface area contributed by atoms with Crippen LogP contribution in [0.3, 0.4) is 0 Å². The Bertz CT molecular complexity index is 3130. The molecule has 0 bridgehead atoms. The molecule has 1 unspecified atom stereocenters. The summed E-state index contributed by atoms with van der Waals surface area (Å²) in [5.41, 5.74) is 9.33. The van der Waals surface area contributed by atoms with Crippen molar-refractivity contribution in [3.05, 3.63) is 200 Å². The zero-order valence-corrected chi connectivity index (χ0v) is 30.8. The van der Waals surface area contributed by atoms with Crippen LogP contribution in [0.15, 0.2) is 194 Å². The molecule has 268 valence electrons. The fourth-order valence-corrected chi connectivity index (χ4v) is 8.03. The van der Waals surface area contributed by atoms with Crippen molar-refractivity contribution in [2.24, 2.45) is 0 Å². The molecule has 0 radical (unpaired) electrons. The van der Waals surface area contributed by atoms with Crippen LogP contribution in [0.25, 0.3) is 88.7 Å². The molecule has 5 heteroatoms. The first-order chi connectivity index (χ1) is 28.2. The van der Waals surface area contributed by atoms with Gasteiger partial charge in [0.05, 0.1) is 5.69 Å². The minimum Gasteiger partial charge on any atom is -0.464 e. The Labute approximate surface area is 330 Å². The molecule has 5 nitrogen and oxygen atoms in total. The number of rotatable bonds is 6. The van der Waals surface area contributed by atoms with Gasteiger partial charge < -0.3 is 10.1 Å². The summed E-state index contributed by atoms with van der Waals surface area (Å²) in [5.74, 6) is 2.74. The number of hydrogen-bond donors (Lipinski definition) is 1. The van der Waals surface area contributed by atoms with Crippen molar-refractivity contribution in [3.63, 3.8) is 0 Å². The van der Waals surface area contributed by atoms with Crippen molar-refractivity contribution in [1.82, 2.24) is 15.0 Å². The quantitative estimate of drug-likeness (QED) is 0.173. The van der Waals surface area contributed by atoms with E-state index >= 15 is 0 Å². The summed E-state index contributed by atoms with van der Waals surface area (Å²) >= 11 is 0. The van der Waals surface area contributed by atoms with Crippen molar-refractivity contribution in [1.29, 1.82) is 0 Å². The first kappa shape index (κ1) is 32.8. The standard InChI is InChI=1S/C52H34N4O/c1-3-13-35(14-4-1)49-54-50(36-25-22-34(23-26-36)40-27-24-33-12-7-8-17-38(33)30-40)56-51(55-49)42-19-11-18-39(31-42)41-28-29-44-43-20-9-10-21-45(43)47-48(46(44)32-41)57-52(53-47)37-15-5-2-6-16-37/h1-32,52-53H. The van der Waals surface area contributed by atoms with Gasteiger partial charge in [0.25, 0.3) is 0 Å². The predicted molar refractivity (Wildman–Crippen MR) is 233 cm³/mol. The molecule has 9 aromatic carbocycles. The Morgan fingerprint density at radius 2 is 0.877 bits per heavy atom. The van der Waals surface area contributed by atoms with E-state index in [-0.39, 0.29) is 6.23 Å². The highest BCUT2D eigenvalue weighted by Crippen LogP contribution is 2.49.